The lowest BCUT2D eigenvalue weighted by atomic mass is 9.88. The lowest BCUT2D eigenvalue weighted by Gasteiger charge is -2.35. The molecule has 1 amide bonds. The fraction of sp³-hybridized carbons (Fsp3) is 0.857. The summed E-state index contributed by atoms with van der Waals surface area (Å²) < 4.78 is 9.96. The largest absolute Gasteiger partial charge is 0.469 e. The molecule has 0 aromatic rings. The number of methoxy groups -OCH3 is 1. The van der Waals surface area contributed by atoms with Crippen LogP contribution in [0.25, 0.3) is 0 Å². The first kappa shape index (κ1) is 20.0. The number of rotatable bonds is 3. The third-order valence-electron chi connectivity index (χ3n) is 3.43. The number of ether oxygens (including phenoxy) is 2. The number of amides is 1. The van der Waals surface area contributed by atoms with Crippen LogP contribution in [0, 0.1) is 5.92 Å². The molecule has 1 unspecified atom stereocenters. The molecule has 1 saturated heterocycles. The molecule has 0 bridgehead atoms. The Hall–Kier alpha value is -1.01. The minimum absolute atomic E-state index is 0. The topological polar surface area (TPSA) is 81.9 Å². The number of likely N-dealkylation sites (tertiary alicyclic amines) is 1. The van der Waals surface area contributed by atoms with E-state index in [1.807, 2.05) is 20.8 Å². The highest BCUT2D eigenvalue weighted by Crippen LogP contribution is 2.23. The summed E-state index contributed by atoms with van der Waals surface area (Å²) in [5.74, 6) is -0.0418. The molecule has 1 atom stereocenters. The lowest BCUT2D eigenvalue weighted by Crippen LogP contribution is -2.45. The Labute approximate surface area is 132 Å². The van der Waals surface area contributed by atoms with Gasteiger partial charge in [-0.25, -0.2) is 4.79 Å². The van der Waals surface area contributed by atoms with Crippen LogP contribution in [0.3, 0.4) is 0 Å². The van der Waals surface area contributed by atoms with Gasteiger partial charge in [0.2, 0.25) is 0 Å². The zero-order valence-electron chi connectivity index (χ0n) is 13.3. The van der Waals surface area contributed by atoms with E-state index in [1.165, 1.54) is 7.11 Å². The van der Waals surface area contributed by atoms with Gasteiger partial charge in [-0.1, -0.05) is 0 Å². The summed E-state index contributed by atoms with van der Waals surface area (Å²) in [4.78, 5) is 24.8. The Morgan fingerprint density at radius 1 is 1.29 bits per heavy atom. The number of halogens is 1. The smallest absolute Gasteiger partial charge is 0.410 e. The fourth-order valence-corrected chi connectivity index (χ4v) is 2.28. The minimum Gasteiger partial charge on any atom is -0.469 e. The Morgan fingerprint density at radius 2 is 1.81 bits per heavy atom. The summed E-state index contributed by atoms with van der Waals surface area (Å²) in [7, 11) is 1.36. The normalized spacial score (nSPS) is 17.7. The molecule has 1 rings (SSSR count). The van der Waals surface area contributed by atoms with Gasteiger partial charge in [-0.15, -0.1) is 12.4 Å². The van der Waals surface area contributed by atoms with Crippen molar-refractivity contribution in [3.8, 4) is 0 Å². The Morgan fingerprint density at radius 3 is 2.24 bits per heavy atom. The van der Waals surface area contributed by atoms with Crippen LogP contribution in [0.5, 0.6) is 0 Å². The summed E-state index contributed by atoms with van der Waals surface area (Å²) in [5.41, 5.74) is 5.54. The minimum atomic E-state index is -0.477. The number of esters is 1. The molecular formula is C14H27ClN2O4. The maximum Gasteiger partial charge on any atom is 0.410 e. The first-order chi connectivity index (χ1) is 9.23. The molecule has 0 radical (unpaired) electrons. The quantitative estimate of drug-likeness (QED) is 0.803. The summed E-state index contributed by atoms with van der Waals surface area (Å²) in [6.45, 7) is 6.79. The molecule has 0 aliphatic carbocycles. The predicted octanol–water partition coefficient (Wildman–Crippen LogP) is 1.95. The molecule has 1 heterocycles. The number of nitrogens with two attached hydrogens (primary N) is 1. The van der Waals surface area contributed by atoms with E-state index in [1.54, 1.807) is 4.90 Å². The molecule has 0 saturated carbocycles. The van der Waals surface area contributed by atoms with Gasteiger partial charge in [0.15, 0.2) is 0 Å². The monoisotopic (exact) mass is 322 g/mol. The van der Waals surface area contributed by atoms with Crippen LogP contribution in [0.1, 0.15) is 40.0 Å². The lowest BCUT2D eigenvalue weighted by molar-refractivity contribution is -0.141. The van der Waals surface area contributed by atoms with Gasteiger partial charge >= 0.3 is 12.1 Å². The van der Waals surface area contributed by atoms with E-state index in [4.69, 9.17) is 10.5 Å². The highest BCUT2D eigenvalue weighted by molar-refractivity contribution is 5.85. The van der Waals surface area contributed by atoms with Crippen molar-refractivity contribution in [1.29, 1.82) is 0 Å². The molecule has 1 aliphatic heterocycles. The van der Waals surface area contributed by atoms with Gasteiger partial charge in [0.25, 0.3) is 0 Å². The van der Waals surface area contributed by atoms with Crippen LogP contribution in [-0.2, 0) is 14.3 Å². The summed E-state index contributed by atoms with van der Waals surface area (Å²) in [5, 5.41) is 0. The van der Waals surface area contributed by atoms with E-state index < -0.39 is 5.60 Å². The van der Waals surface area contributed by atoms with Gasteiger partial charge in [0.05, 0.1) is 13.5 Å². The highest BCUT2D eigenvalue weighted by atomic mass is 35.5. The number of nitrogens with zero attached hydrogens (tertiary/aromatic N) is 1. The van der Waals surface area contributed by atoms with Crippen molar-refractivity contribution in [2.24, 2.45) is 11.7 Å². The molecule has 124 valence electrons. The van der Waals surface area contributed by atoms with Crippen molar-refractivity contribution >= 4 is 24.5 Å². The zero-order valence-corrected chi connectivity index (χ0v) is 14.1. The Balaban J connectivity index is 0.00000400. The fourth-order valence-electron chi connectivity index (χ4n) is 2.28. The van der Waals surface area contributed by atoms with Gasteiger partial charge in [-0.3, -0.25) is 4.79 Å². The van der Waals surface area contributed by atoms with Crippen molar-refractivity contribution in [2.45, 2.75) is 51.7 Å². The second-order valence-corrected chi connectivity index (χ2v) is 6.25. The first-order valence-electron chi connectivity index (χ1n) is 7.03. The van der Waals surface area contributed by atoms with Crippen molar-refractivity contribution in [3.05, 3.63) is 0 Å². The maximum absolute atomic E-state index is 11.9. The van der Waals surface area contributed by atoms with Crippen molar-refractivity contribution in [2.75, 3.05) is 20.2 Å². The van der Waals surface area contributed by atoms with Crippen molar-refractivity contribution in [3.63, 3.8) is 0 Å². The van der Waals surface area contributed by atoms with Crippen LogP contribution < -0.4 is 5.73 Å². The average Bonchev–Trinajstić information content (AvgIpc) is 2.36. The Kier molecular flexibility index (Phi) is 8.03. The molecule has 1 aliphatic rings. The molecule has 1 fully saturated rings. The number of hydrogen-bond donors (Lipinski definition) is 1. The van der Waals surface area contributed by atoms with Gasteiger partial charge in [0.1, 0.15) is 5.60 Å². The molecule has 0 aromatic carbocycles. The van der Waals surface area contributed by atoms with Crippen LogP contribution in [0.2, 0.25) is 0 Å². The molecule has 21 heavy (non-hydrogen) atoms. The first-order valence-corrected chi connectivity index (χ1v) is 7.03. The van der Waals surface area contributed by atoms with E-state index in [9.17, 15) is 9.59 Å². The van der Waals surface area contributed by atoms with E-state index in [0.29, 0.717) is 13.1 Å². The van der Waals surface area contributed by atoms with Crippen LogP contribution in [0.15, 0.2) is 0 Å². The molecule has 6 nitrogen and oxygen atoms in total. The van der Waals surface area contributed by atoms with E-state index in [2.05, 4.69) is 4.74 Å². The Bertz CT molecular complexity index is 349. The SMILES string of the molecule is COC(=O)CC(N)C1CCN(C(=O)OC(C)(C)C)CC1.Cl. The summed E-state index contributed by atoms with van der Waals surface area (Å²) in [6, 6.07) is -0.205. The number of carbonyl (C=O) groups is 2. The van der Waals surface area contributed by atoms with Crippen molar-refractivity contribution in [1.82, 2.24) is 4.90 Å². The van der Waals surface area contributed by atoms with E-state index in [0.717, 1.165) is 12.8 Å². The van der Waals surface area contributed by atoms with Crippen LogP contribution >= 0.6 is 12.4 Å². The molecule has 2 N–H and O–H groups in total. The predicted molar refractivity (Wildman–Crippen MR) is 82.4 cm³/mol. The van der Waals surface area contributed by atoms with Crippen LogP contribution in [-0.4, -0.2) is 48.8 Å². The highest BCUT2D eigenvalue weighted by Gasteiger charge is 2.30. The summed E-state index contributed by atoms with van der Waals surface area (Å²) >= 11 is 0. The number of hydrogen-bond acceptors (Lipinski definition) is 5. The maximum atomic E-state index is 11.9. The van der Waals surface area contributed by atoms with Crippen molar-refractivity contribution < 1.29 is 19.1 Å². The number of piperidine rings is 1. The molecule has 0 spiro atoms. The molecule has 7 heteroatoms. The summed E-state index contributed by atoms with van der Waals surface area (Å²) in [6.07, 6.45) is 1.53. The third kappa shape index (κ3) is 7.00. The van der Waals surface area contributed by atoms with Gasteiger partial charge in [-0.05, 0) is 39.5 Å². The van der Waals surface area contributed by atoms with Gasteiger partial charge < -0.3 is 20.1 Å². The van der Waals surface area contributed by atoms with Gasteiger partial charge in [-0.2, -0.15) is 0 Å². The second kappa shape index (κ2) is 8.44. The molecular weight excluding hydrogens is 296 g/mol. The van der Waals surface area contributed by atoms with Gasteiger partial charge in [0, 0.05) is 19.1 Å². The third-order valence-corrected chi connectivity index (χ3v) is 3.43. The van der Waals surface area contributed by atoms with Crippen LogP contribution in [0.4, 0.5) is 4.79 Å². The second-order valence-electron chi connectivity index (χ2n) is 6.25. The standard InChI is InChI=1S/C14H26N2O4.ClH/c1-14(2,3)20-13(18)16-7-5-10(6-8-16)11(15)9-12(17)19-4;/h10-11H,5-9,15H2,1-4H3;1H. The number of carbonyl (C=O) groups excluding carboxylic acids is 2. The van der Waals surface area contributed by atoms with E-state index in [-0.39, 0.29) is 42.9 Å². The average molecular weight is 323 g/mol. The van der Waals surface area contributed by atoms with E-state index >= 15 is 0 Å². The molecule has 0 aromatic heterocycles. The zero-order chi connectivity index (χ0) is 15.3.